The van der Waals surface area contributed by atoms with E-state index in [0.717, 1.165) is 11.6 Å². The Bertz CT molecular complexity index is 691. The Labute approximate surface area is 122 Å². The highest BCUT2D eigenvalue weighted by molar-refractivity contribution is 7.85. The molecule has 0 atom stereocenters. The van der Waals surface area contributed by atoms with E-state index >= 15 is 0 Å². The van der Waals surface area contributed by atoms with Crippen molar-refractivity contribution in [1.29, 1.82) is 0 Å². The minimum Gasteiger partial charge on any atom is -0.478 e. The summed E-state index contributed by atoms with van der Waals surface area (Å²) in [6.45, 7) is 0. The second-order valence-electron chi connectivity index (χ2n) is 3.87. The molecular weight excluding hydrogens is 292 g/mol. The van der Waals surface area contributed by atoms with Crippen molar-refractivity contribution < 1.29 is 22.9 Å². The van der Waals surface area contributed by atoms with Gasteiger partial charge in [-0.25, -0.2) is 4.79 Å². The molecule has 0 saturated heterocycles. The highest BCUT2D eigenvalue weighted by Gasteiger charge is 2.05. The van der Waals surface area contributed by atoms with Crippen molar-refractivity contribution in [2.75, 3.05) is 0 Å². The molecule has 0 aromatic heterocycles. The van der Waals surface area contributed by atoms with Gasteiger partial charge in [0.1, 0.15) is 0 Å². The van der Waals surface area contributed by atoms with Crippen LogP contribution in [0.25, 0.3) is 6.08 Å². The van der Waals surface area contributed by atoms with Crippen molar-refractivity contribution in [1.82, 2.24) is 0 Å². The molecule has 5 nitrogen and oxygen atoms in total. The summed E-state index contributed by atoms with van der Waals surface area (Å²) in [5, 5.41) is 8.29. The fourth-order valence-corrected chi connectivity index (χ4v) is 1.83. The first kappa shape index (κ1) is 16.6. The maximum atomic E-state index is 10.4. The number of carbonyl (C=O) groups is 1. The number of carboxylic acids is 1. The number of hydrogen-bond donors (Lipinski definition) is 2. The van der Waals surface area contributed by atoms with Crippen LogP contribution in [-0.2, 0) is 14.9 Å². The van der Waals surface area contributed by atoms with Crippen molar-refractivity contribution in [3.8, 4) is 0 Å². The van der Waals surface area contributed by atoms with Crippen LogP contribution in [0, 0.1) is 0 Å². The molecule has 2 N–H and O–H groups in total. The molecule has 2 aromatic carbocycles. The summed E-state index contributed by atoms with van der Waals surface area (Å²) >= 11 is 0. The van der Waals surface area contributed by atoms with Gasteiger partial charge >= 0.3 is 5.97 Å². The number of aliphatic carboxylic acids is 1. The van der Waals surface area contributed by atoms with Crippen LogP contribution in [0.1, 0.15) is 5.56 Å². The van der Waals surface area contributed by atoms with Crippen LogP contribution in [-0.4, -0.2) is 24.0 Å². The summed E-state index contributed by atoms with van der Waals surface area (Å²) in [6, 6.07) is 16.7. The van der Waals surface area contributed by atoms with Crippen LogP contribution in [0.3, 0.4) is 0 Å². The maximum absolute atomic E-state index is 10.4. The van der Waals surface area contributed by atoms with Crippen LogP contribution in [0.15, 0.2) is 71.6 Å². The van der Waals surface area contributed by atoms with E-state index in [1.54, 1.807) is 24.3 Å². The van der Waals surface area contributed by atoms with Gasteiger partial charge in [-0.2, -0.15) is 8.42 Å². The van der Waals surface area contributed by atoms with Gasteiger partial charge in [0.25, 0.3) is 10.1 Å². The minimum atomic E-state index is -4.00. The predicted molar refractivity (Wildman–Crippen MR) is 79.4 cm³/mol. The topological polar surface area (TPSA) is 91.7 Å². The Morgan fingerprint density at radius 2 is 1.38 bits per heavy atom. The molecule has 110 valence electrons. The van der Waals surface area contributed by atoms with Crippen LogP contribution < -0.4 is 0 Å². The zero-order valence-electron chi connectivity index (χ0n) is 11.0. The van der Waals surface area contributed by atoms with Crippen molar-refractivity contribution in [2.24, 2.45) is 0 Å². The first-order valence-corrected chi connectivity index (χ1v) is 7.32. The monoisotopic (exact) mass is 306 g/mol. The Kier molecular flexibility index (Phi) is 6.32. The quantitative estimate of drug-likeness (QED) is 0.672. The summed E-state index contributed by atoms with van der Waals surface area (Å²) in [5.74, 6) is -0.922. The lowest BCUT2D eigenvalue weighted by Gasteiger charge is -1.92. The third-order valence-electron chi connectivity index (χ3n) is 2.26. The first-order chi connectivity index (χ1) is 9.89. The van der Waals surface area contributed by atoms with Crippen LogP contribution in [0.2, 0.25) is 0 Å². The van der Waals surface area contributed by atoms with Gasteiger partial charge in [-0.15, -0.1) is 0 Å². The first-order valence-electron chi connectivity index (χ1n) is 5.88. The van der Waals surface area contributed by atoms with Gasteiger partial charge in [-0.3, -0.25) is 4.55 Å². The van der Waals surface area contributed by atoms with Crippen LogP contribution >= 0.6 is 0 Å². The Hall–Kier alpha value is -2.44. The van der Waals surface area contributed by atoms with Crippen molar-refractivity contribution in [3.05, 3.63) is 72.3 Å². The van der Waals surface area contributed by atoms with Crippen molar-refractivity contribution >= 4 is 22.2 Å². The lowest BCUT2D eigenvalue weighted by molar-refractivity contribution is -0.131. The Morgan fingerprint density at radius 1 is 0.905 bits per heavy atom. The van der Waals surface area contributed by atoms with Gasteiger partial charge in [-0.1, -0.05) is 48.5 Å². The molecule has 0 radical (unpaired) electrons. The molecule has 0 aliphatic rings. The van der Waals surface area contributed by atoms with Gasteiger partial charge in [0.2, 0.25) is 0 Å². The van der Waals surface area contributed by atoms with Crippen LogP contribution in [0.5, 0.6) is 0 Å². The number of hydrogen-bond acceptors (Lipinski definition) is 3. The fourth-order valence-electron chi connectivity index (χ4n) is 1.32. The molecule has 2 aromatic rings. The van der Waals surface area contributed by atoms with Crippen molar-refractivity contribution in [2.45, 2.75) is 4.90 Å². The summed E-state index contributed by atoms with van der Waals surface area (Å²) in [4.78, 5) is 10.0. The predicted octanol–water partition coefficient (Wildman–Crippen LogP) is 2.72. The molecule has 0 heterocycles. The molecule has 21 heavy (non-hydrogen) atoms. The summed E-state index contributed by atoms with van der Waals surface area (Å²) < 4.78 is 29.2. The third-order valence-corrected chi connectivity index (χ3v) is 3.13. The Morgan fingerprint density at radius 3 is 1.76 bits per heavy atom. The van der Waals surface area contributed by atoms with Crippen molar-refractivity contribution in [3.63, 3.8) is 0 Å². The normalized spacial score (nSPS) is 10.7. The average Bonchev–Trinajstić information content (AvgIpc) is 2.47. The molecule has 0 aliphatic heterocycles. The minimum absolute atomic E-state index is 0.0741. The average molecular weight is 306 g/mol. The smallest absolute Gasteiger partial charge is 0.328 e. The summed E-state index contributed by atoms with van der Waals surface area (Å²) in [7, 11) is -4.00. The summed E-state index contributed by atoms with van der Waals surface area (Å²) in [5.41, 5.74) is 0.898. The second kappa shape index (κ2) is 7.98. The molecular formula is C15H14O5S. The summed E-state index contributed by atoms with van der Waals surface area (Å²) in [6.07, 6.45) is 2.68. The zero-order valence-corrected chi connectivity index (χ0v) is 11.8. The molecule has 0 amide bonds. The molecule has 0 unspecified atom stereocenters. The van der Waals surface area contributed by atoms with E-state index < -0.39 is 16.1 Å². The second-order valence-corrected chi connectivity index (χ2v) is 5.29. The highest BCUT2D eigenvalue weighted by atomic mass is 32.2. The van der Waals surface area contributed by atoms with Crippen LogP contribution in [0.4, 0.5) is 0 Å². The zero-order chi connectivity index (χ0) is 15.7. The molecule has 6 heteroatoms. The Balaban J connectivity index is 0.000000211. The van der Waals surface area contributed by atoms with E-state index in [0.29, 0.717) is 0 Å². The molecule has 0 saturated carbocycles. The third kappa shape index (κ3) is 7.05. The molecule has 2 rings (SSSR count). The number of carboxylic acid groups (broad SMARTS) is 1. The SMILES string of the molecule is O=C(O)C=Cc1ccccc1.O=S(=O)(O)c1ccccc1. The van der Waals surface area contributed by atoms with E-state index in [-0.39, 0.29) is 4.90 Å². The van der Waals surface area contributed by atoms with E-state index in [1.807, 2.05) is 30.3 Å². The largest absolute Gasteiger partial charge is 0.478 e. The molecule has 0 fully saturated rings. The van der Waals surface area contributed by atoms with E-state index in [2.05, 4.69) is 0 Å². The van der Waals surface area contributed by atoms with Gasteiger partial charge in [0.15, 0.2) is 0 Å². The maximum Gasteiger partial charge on any atom is 0.328 e. The fraction of sp³-hybridized carbons (Fsp3) is 0. The number of benzene rings is 2. The lowest BCUT2D eigenvalue weighted by atomic mass is 10.2. The van der Waals surface area contributed by atoms with Gasteiger partial charge in [0.05, 0.1) is 4.90 Å². The van der Waals surface area contributed by atoms with E-state index in [4.69, 9.17) is 9.66 Å². The number of rotatable bonds is 3. The van der Waals surface area contributed by atoms with E-state index in [9.17, 15) is 13.2 Å². The van der Waals surface area contributed by atoms with Gasteiger partial charge < -0.3 is 5.11 Å². The molecule has 0 bridgehead atoms. The van der Waals surface area contributed by atoms with Gasteiger partial charge in [0, 0.05) is 6.08 Å². The molecule has 0 spiro atoms. The van der Waals surface area contributed by atoms with Gasteiger partial charge in [-0.05, 0) is 23.8 Å². The molecule has 0 aliphatic carbocycles. The van der Waals surface area contributed by atoms with E-state index in [1.165, 1.54) is 12.1 Å². The standard InChI is InChI=1S/C9H8O2.C6H6O3S/c10-9(11)7-6-8-4-2-1-3-5-8;7-10(8,9)6-4-2-1-3-5-6/h1-7H,(H,10,11);1-5H,(H,7,8,9). The lowest BCUT2D eigenvalue weighted by Crippen LogP contribution is -1.96. The highest BCUT2D eigenvalue weighted by Crippen LogP contribution is 2.05.